The van der Waals surface area contributed by atoms with Crippen LogP contribution in [0.25, 0.3) is 0 Å². The van der Waals surface area contributed by atoms with Gasteiger partial charge in [0.25, 0.3) is 0 Å². The molecule has 4 nitrogen and oxygen atoms in total. The molecule has 1 rings (SSSR count). The Hall–Kier alpha value is -0.610. The second kappa shape index (κ2) is 5.94. The van der Waals surface area contributed by atoms with Crippen molar-refractivity contribution in [3.05, 3.63) is 0 Å². The van der Waals surface area contributed by atoms with Gasteiger partial charge in [-0.2, -0.15) is 0 Å². The first-order valence-electron chi connectivity index (χ1n) is 4.82. The molecule has 0 spiro atoms. The summed E-state index contributed by atoms with van der Waals surface area (Å²) >= 11 is 0. The largest absolute Gasteiger partial charge is 0.396 e. The normalized spacial score (nSPS) is 21.8. The van der Waals surface area contributed by atoms with Crippen molar-refractivity contribution < 1.29 is 14.6 Å². The van der Waals surface area contributed by atoms with Gasteiger partial charge in [0.1, 0.15) is 0 Å². The number of hydrogen-bond acceptors (Lipinski definition) is 3. The molecule has 1 heterocycles. The van der Waals surface area contributed by atoms with Crippen molar-refractivity contribution in [2.24, 2.45) is 0 Å². The maximum atomic E-state index is 11.2. The van der Waals surface area contributed by atoms with Gasteiger partial charge in [0, 0.05) is 19.8 Å². The van der Waals surface area contributed by atoms with Gasteiger partial charge in [0.05, 0.1) is 12.5 Å². The number of carbonyl (C=O) groups excluding carboxylic acids is 1. The first kappa shape index (κ1) is 10.5. The van der Waals surface area contributed by atoms with Gasteiger partial charge >= 0.3 is 0 Å². The van der Waals surface area contributed by atoms with E-state index in [4.69, 9.17) is 9.84 Å². The molecule has 4 heteroatoms. The highest BCUT2D eigenvalue weighted by Crippen LogP contribution is 2.14. The summed E-state index contributed by atoms with van der Waals surface area (Å²) in [5, 5.41) is 11.2. The molecule has 0 bridgehead atoms. The van der Waals surface area contributed by atoms with Crippen LogP contribution in [0.1, 0.15) is 25.7 Å². The van der Waals surface area contributed by atoms with Crippen LogP contribution in [0.5, 0.6) is 0 Å². The minimum Gasteiger partial charge on any atom is -0.396 e. The molecule has 0 aromatic rings. The average Bonchev–Trinajstić information content (AvgIpc) is 2.57. The fourth-order valence-corrected chi connectivity index (χ4v) is 1.39. The van der Waals surface area contributed by atoms with E-state index in [9.17, 15) is 4.79 Å². The lowest BCUT2D eigenvalue weighted by molar-refractivity contribution is -0.123. The molecule has 0 radical (unpaired) electrons. The SMILES string of the molecule is O=C(CC1CCCO1)NCCCO. The zero-order valence-corrected chi connectivity index (χ0v) is 7.79. The lowest BCUT2D eigenvalue weighted by atomic mass is 10.2. The van der Waals surface area contributed by atoms with Gasteiger partial charge in [0.15, 0.2) is 0 Å². The van der Waals surface area contributed by atoms with E-state index in [1.54, 1.807) is 0 Å². The topological polar surface area (TPSA) is 58.6 Å². The minimum absolute atomic E-state index is 0.0281. The van der Waals surface area contributed by atoms with E-state index in [0.29, 0.717) is 19.4 Å². The minimum atomic E-state index is 0.0281. The van der Waals surface area contributed by atoms with Crippen LogP contribution in [-0.2, 0) is 9.53 Å². The van der Waals surface area contributed by atoms with Gasteiger partial charge in [-0.05, 0) is 19.3 Å². The van der Waals surface area contributed by atoms with Crippen LogP contribution < -0.4 is 5.32 Å². The van der Waals surface area contributed by atoms with Gasteiger partial charge in [-0.1, -0.05) is 0 Å². The smallest absolute Gasteiger partial charge is 0.222 e. The summed E-state index contributed by atoms with van der Waals surface area (Å²) in [7, 11) is 0. The zero-order chi connectivity index (χ0) is 9.52. The number of aliphatic hydroxyl groups excluding tert-OH is 1. The third kappa shape index (κ3) is 4.24. The molecular formula is C9H17NO3. The van der Waals surface area contributed by atoms with Crippen LogP contribution >= 0.6 is 0 Å². The van der Waals surface area contributed by atoms with Crippen LogP contribution in [0.15, 0.2) is 0 Å². The van der Waals surface area contributed by atoms with E-state index in [2.05, 4.69) is 5.32 Å². The molecule has 1 saturated heterocycles. The van der Waals surface area contributed by atoms with Gasteiger partial charge < -0.3 is 15.2 Å². The standard InChI is InChI=1S/C9H17NO3/c11-5-2-4-10-9(12)7-8-3-1-6-13-8/h8,11H,1-7H2,(H,10,12). The zero-order valence-electron chi connectivity index (χ0n) is 7.79. The van der Waals surface area contributed by atoms with E-state index in [1.807, 2.05) is 0 Å². The molecule has 1 aliphatic rings. The summed E-state index contributed by atoms with van der Waals surface area (Å²) in [4.78, 5) is 11.2. The predicted molar refractivity (Wildman–Crippen MR) is 48.3 cm³/mol. The molecule has 1 aliphatic heterocycles. The van der Waals surface area contributed by atoms with Gasteiger partial charge in [-0.3, -0.25) is 4.79 Å². The van der Waals surface area contributed by atoms with Crippen LogP contribution in [0.2, 0.25) is 0 Å². The second-order valence-electron chi connectivity index (χ2n) is 3.27. The van der Waals surface area contributed by atoms with Crippen molar-refractivity contribution in [1.29, 1.82) is 0 Å². The van der Waals surface area contributed by atoms with Crippen molar-refractivity contribution in [2.75, 3.05) is 19.8 Å². The quantitative estimate of drug-likeness (QED) is 0.598. The van der Waals surface area contributed by atoms with E-state index < -0.39 is 0 Å². The fraction of sp³-hybridized carbons (Fsp3) is 0.889. The molecule has 0 saturated carbocycles. The molecule has 1 unspecified atom stereocenters. The fourth-order valence-electron chi connectivity index (χ4n) is 1.39. The van der Waals surface area contributed by atoms with Crippen LogP contribution in [-0.4, -0.2) is 36.9 Å². The Balaban J connectivity index is 2.02. The van der Waals surface area contributed by atoms with Crippen molar-refractivity contribution in [2.45, 2.75) is 31.8 Å². The highest BCUT2D eigenvalue weighted by atomic mass is 16.5. The van der Waals surface area contributed by atoms with Crippen molar-refractivity contribution in [1.82, 2.24) is 5.32 Å². The highest BCUT2D eigenvalue weighted by Gasteiger charge is 2.18. The molecule has 1 fully saturated rings. The van der Waals surface area contributed by atoms with E-state index >= 15 is 0 Å². The lowest BCUT2D eigenvalue weighted by Gasteiger charge is -2.08. The second-order valence-corrected chi connectivity index (χ2v) is 3.27. The van der Waals surface area contributed by atoms with Crippen molar-refractivity contribution >= 4 is 5.91 Å². The number of hydrogen-bond donors (Lipinski definition) is 2. The van der Waals surface area contributed by atoms with Crippen LogP contribution in [0.3, 0.4) is 0 Å². The summed E-state index contributed by atoms with van der Waals surface area (Å²) < 4.78 is 5.32. The summed E-state index contributed by atoms with van der Waals surface area (Å²) in [5.74, 6) is 0.0281. The first-order chi connectivity index (χ1) is 6.33. The number of nitrogens with one attached hydrogen (secondary N) is 1. The molecule has 1 amide bonds. The number of aliphatic hydroxyl groups is 1. The maximum Gasteiger partial charge on any atom is 0.222 e. The summed E-state index contributed by atoms with van der Waals surface area (Å²) in [6, 6.07) is 0. The van der Waals surface area contributed by atoms with Crippen LogP contribution in [0.4, 0.5) is 0 Å². The summed E-state index contributed by atoms with van der Waals surface area (Å²) in [6.45, 7) is 1.47. The van der Waals surface area contributed by atoms with E-state index in [0.717, 1.165) is 19.4 Å². The predicted octanol–water partition coefficient (Wildman–Crippen LogP) is 0.0541. The van der Waals surface area contributed by atoms with Crippen molar-refractivity contribution in [3.8, 4) is 0 Å². The highest BCUT2D eigenvalue weighted by molar-refractivity contribution is 5.76. The van der Waals surface area contributed by atoms with E-state index in [1.165, 1.54) is 0 Å². The third-order valence-electron chi connectivity index (χ3n) is 2.09. The average molecular weight is 187 g/mol. The monoisotopic (exact) mass is 187 g/mol. The van der Waals surface area contributed by atoms with Crippen LogP contribution in [0, 0.1) is 0 Å². The van der Waals surface area contributed by atoms with Gasteiger partial charge in [-0.25, -0.2) is 0 Å². The first-order valence-corrected chi connectivity index (χ1v) is 4.82. The Kier molecular flexibility index (Phi) is 4.78. The Morgan fingerprint density at radius 2 is 2.46 bits per heavy atom. The maximum absolute atomic E-state index is 11.2. The Morgan fingerprint density at radius 3 is 3.08 bits per heavy atom. The summed E-state index contributed by atoms with van der Waals surface area (Å²) in [5.41, 5.74) is 0. The lowest BCUT2D eigenvalue weighted by Crippen LogP contribution is -2.28. The molecule has 1 atom stereocenters. The number of ether oxygens (including phenoxy) is 1. The molecule has 0 aliphatic carbocycles. The Morgan fingerprint density at radius 1 is 1.62 bits per heavy atom. The Bertz CT molecular complexity index is 155. The molecule has 0 aromatic heterocycles. The van der Waals surface area contributed by atoms with E-state index in [-0.39, 0.29) is 18.6 Å². The number of carbonyl (C=O) groups is 1. The van der Waals surface area contributed by atoms with Gasteiger partial charge in [-0.15, -0.1) is 0 Å². The number of amides is 1. The van der Waals surface area contributed by atoms with Crippen molar-refractivity contribution in [3.63, 3.8) is 0 Å². The molecular weight excluding hydrogens is 170 g/mol. The molecule has 0 aromatic carbocycles. The molecule has 76 valence electrons. The Labute approximate surface area is 78.3 Å². The van der Waals surface area contributed by atoms with Gasteiger partial charge in [0.2, 0.25) is 5.91 Å². The summed E-state index contributed by atoms with van der Waals surface area (Å²) in [6.07, 6.45) is 3.26. The number of rotatable bonds is 5. The molecule has 2 N–H and O–H groups in total. The molecule has 13 heavy (non-hydrogen) atoms. The third-order valence-corrected chi connectivity index (χ3v) is 2.09.